The lowest BCUT2D eigenvalue weighted by Crippen LogP contribution is -2.46. The number of rotatable bonds is 15. The van der Waals surface area contributed by atoms with E-state index in [2.05, 4.69) is 24.5 Å². The van der Waals surface area contributed by atoms with Crippen LogP contribution < -0.4 is 22.1 Å². The zero-order chi connectivity index (χ0) is 39.6. The monoisotopic (exact) mass is 740 g/mol. The largest absolute Gasteiger partial charge is 0.387 e. The highest BCUT2D eigenvalue weighted by molar-refractivity contribution is 5.80. The van der Waals surface area contributed by atoms with E-state index in [9.17, 15) is 28.3 Å². The number of carbonyl (C=O) groups excluding carboxylic acids is 3. The first-order chi connectivity index (χ1) is 25.2. The van der Waals surface area contributed by atoms with Gasteiger partial charge in [0.05, 0.1) is 12.1 Å². The molecule has 1 aliphatic carbocycles. The summed E-state index contributed by atoms with van der Waals surface area (Å²) in [6.45, 7) is 11.5. The average Bonchev–Trinajstić information content (AvgIpc) is 3.82. The molecule has 4 rings (SSSR count). The number of amides is 3. The van der Waals surface area contributed by atoms with Crippen molar-refractivity contribution in [3.05, 3.63) is 83.7 Å². The molecule has 0 saturated heterocycles. The van der Waals surface area contributed by atoms with Gasteiger partial charge in [0.2, 0.25) is 17.7 Å². The lowest BCUT2D eigenvalue weighted by atomic mass is 9.82. The van der Waals surface area contributed by atoms with E-state index in [4.69, 9.17) is 11.5 Å². The van der Waals surface area contributed by atoms with Gasteiger partial charge in [0.1, 0.15) is 18.2 Å². The van der Waals surface area contributed by atoms with Crippen LogP contribution in [0.1, 0.15) is 96.9 Å². The zero-order valence-corrected chi connectivity index (χ0v) is 32.5. The highest BCUT2D eigenvalue weighted by Crippen LogP contribution is 2.41. The Balaban J connectivity index is 0.000000502. The Labute approximate surface area is 314 Å². The normalized spacial score (nSPS) is 13.9. The lowest BCUT2D eigenvalue weighted by molar-refractivity contribution is -0.140. The van der Waals surface area contributed by atoms with Crippen LogP contribution >= 0.6 is 0 Å². The quantitative estimate of drug-likeness (QED) is 0.122. The predicted octanol–water partition coefficient (Wildman–Crippen LogP) is 5.91. The van der Waals surface area contributed by atoms with Gasteiger partial charge in [0, 0.05) is 55.1 Å². The number of nitrogens with one attached hydrogen (secondary N) is 2. The molecule has 1 saturated carbocycles. The molecule has 2 unspecified atom stereocenters. The first-order valence-corrected chi connectivity index (χ1v) is 18.7. The smallest absolute Gasteiger partial charge is 0.248 e. The zero-order valence-electron chi connectivity index (χ0n) is 32.5. The van der Waals surface area contributed by atoms with Crippen molar-refractivity contribution in [1.29, 1.82) is 0 Å². The SMILES string of the molecule is CC(C)(C)C(c1cc(-c2cc(F)ccc2F)cn1Cc1ccccc1)N(CCC(N)C(N)=O)C(=O)CO.CCCC.CNCCNC(=O)C1CCCC1. The van der Waals surface area contributed by atoms with Gasteiger partial charge < -0.3 is 36.7 Å². The number of likely N-dealkylation sites (N-methyl/N-ethyl adjacent to an activating group) is 1. The van der Waals surface area contributed by atoms with Crippen LogP contribution in [0.15, 0.2) is 60.8 Å². The second-order valence-corrected chi connectivity index (χ2v) is 14.6. The molecule has 53 heavy (non-hydrogen) atoms. The molecule has 12 heteroatoms. The number of unbranched alkanes of at least 4 members (excludes halogenated alkanes) is 1. The van der Waals surface area contributed by atoms with Crippen LogP contribution in [0.25, 0.3) is 11.1 Å². The lowest BCUT2D eigenvalue weighted by Gasteiger charge is -2.41. The van der Waals surface area contributed by atoms with Gasteiger partial charge in [-0.25, -0.2) is 8.78 Å². The van der Waals surface area contributed by atoms with E-state index in [1.165, 1.54) is 30.6 Å². The standard InChI is InChI=1S/C28H34F2N4O3.C9H18N2O.C4H10/c1-28(2,3)26(34(25(36)17-35)12-11-23(31)27(32)37)24-13-19(21-14-20(29)9-10-22(21)30)16-33(24)15-18-7-5-4-6-8-18;1-10-6-7-11-9(12)8-4-2-3-5-8;1-3-4-2/h4-10,13-14,16,23,26,35H,11-12,15,17,31H2,1-3H3,(H2,32,37);8,10H,2-7H2,1H3,(H,11,12);3-4H2,1-2H3. The van der Waals surface area contributed by atoms with Gasteiger partial charge >= 0.3 is 0 Å². The minimum atomic E-state index is -0.970. The summed E-state index contributed by atoms with van der Waals surface area (Å²) in [5.41, 5.74) is 12.8. The van der Waals surface area contributed by atoms with Crippen LogP contribution in [0, 0.1) is 23.0 Å². The summed E-state index contributed by atoms with van der Waals surface area (Å²) in [6, 6.07) is 13.0. The fraction of sp³-hybridized carbons (Fsp3) is 0.537. The van der Waals surface area contributed by atoms with Gasteiger partial charge in [-0.15, -0.1) is 0 Å². The summed E-state index contributed by atoms with van der Waals surface area (Å²) in [4.78, 5) is 37.4. The topological polar surface area (TPSA) is 156 Å². The van der Waals surface area contributed by atoms with Crippen LogP contribution in [0.2, 0.25) is 0 Å². The van der Waals surface area contributed by atoms with Gasteiger partial charge in [-0.1, -0.05) is 90.6 Å². The number of hydrogen-bond acceptors (Lipinski definition) is 6. The van der Waals surface area contributed by atoms with E-state index >= 15 is 0 Å². The summed E-state index contributed by atoms with van der Waals surface area (Å²) in [6.07, 6.45) is 9.10. The number of benzene rings is 2. The van der Waals surface area contributed by atoms with Gasteiger partial charge in [-0.3, -0.25) is 14.4 Å². The molecule has 10 nitrogen and oxygen atoms in total. The molecule has 7 N–H and O–H groups in total. The molecule has 0 spiro atoms. The Hall–Kier alpha value is -4.13. The minimum Gasteiger partial charge on any atom is -0.387 e. The molecular weight excluding hydrogens is 678 g/mol. The number of aromatic nitrogens is 1. The molecule has 294 valence electrons. The third kappa shape index (κ3) is 14.7. The summed E-state index contributed by atoms with van der Waals surface area (Å²) >= 11 is 0. The van der Waals surface area contributed by atoms with Gasteiger partial charge in [0.25, 0.3) is 0 Å². The van der Waals surface area contributed by atoms with E-state index in [0.717, 1.165) is 49.7 Å². The number of nitrogens with two attached hydrogens (primary N) is 2. The first-order valence-electron chi connectivity index (χ1n) is 18.7. The molecule has 1 aromatic heterocycles. The fourth-order valence-electron chi connectivity index (χ4n) is 6.16. The average molecular weight is 741 g/mol. The molecule has 1 heterocycles. The van der Waals surface area contributed by atoms with Crippen molar-refractivity contribution < 1.29 is 28.3 Å². The maximum absolute atomic E-state index is 14.8. The Morgan fingerprint density at radius 2 is 1.64 bits per heavy atom. The van der Waals surface area contributed by atoms with Crippen LogP contribution in [0.5, 0.6) is 0 Å². The summed E-state index contributed by atoms with van der Waals surface area (Å²) in [5, 5.41) is 15.7. The Bertz CT molecular complexity index is 1550. The summed E-state index contributed by atoms with van der Waals surface area (Å²) in [5.74, 6) is -1.83. The number of aliphatic hydroxyl groups excluding tert-OH is 1. The van der Waals surface area contributed by atoms with Crippen molar-refractivity contribution in [2.45, 2.75) is 98.2 Å². The Kier molecular flexibility index (Phi) is 19.4. The molecular formula is C41H62F2N6O4. The number of aliphatic hydroxyl groups is 1. The number of primary amides is 1. The third-order valence-electron chi connectivity index (χ3n) is 9.18. The van der Waals surface area contributed by atoms with Gasteiger partial charge in [-0.2, -0.15) is 0 Å². The van der Waals surface area contributed by atoms with Crippen molar-refractivity contribution in [3.63, 3.8) is 0 Å². The number of hydrogen-bond donors (Lipinski definition) is 5. The highest BCUT2D eigenvalue weighted by Gasteiger charge is 2.37. The van der Waals surface area contributed by atoms with Crippen molar-refractivity contribution in [2.75, 3.05) is 33.3 Å². The first kappa shape index (κ1) is 45.0. The van der Waals surface area contributed by atoms with Crippen LogP contribution in [-0.4, -0.2) is 71.6 Å². The minimum absolute atomic E-state index is 0.0611. The highest BCUT2D eigenvalue weighted by atomic mass is 19.1. The van der Waals surface area contributed by atoms with Gasteiger partial charge in [0.15, 0.2) is 0 Å². The van der Waals surface area contributed by atoms with Crippen molar-refractivity contribution in [2.24, 2.45) is 22.8 Å². The van der Waals surface area contributed by atoms with E-state index in [1.54, 1.807) is 12.3 Å². The van der Waals surface area contributed by atoms with Crippen molar-refractivity contribution in [3.8, 4) is 11.1 Å². The maximum atomic E-state index is 14.8. The van der Waals surface area contributed by atoms with Crippen LogP contribution in [0.4, 0.5) is 8.78 Å². The number of carbonyl (C=O) groups is 3. The molecule has 0 aliphatic heterocycles. The summed E-state index contributed by atoms with van der Waals surface area (Å²) in [7, 11) is 1.89. The fourth-order valence-corrected chi connectivity index (χ4v) is 6.16. The second-order valence-electron chi connectivity index (χ2n) is 14.6. The van der Waals surface area contributed by atoms with E-state index in [-0.39, 0.29) is 24.4 Å². The van der Waals surface area contributed by atoms with Gasteiger partial charge in [-0.05, 0) is 61.6 Å². The second kappa shape index (κ2) is 22.8. The van der Waals surface area contributed by atoms with E-state index in [1.807, 2.05) is 62.7 Å². The Morgan fingerprint density at radius 1 is 1.00 bits per heavy atom. The Morgan fingerprint density at radius 3 is 2.19 bits per heavy atom. The molecule has 1 fully saturated rings. The molecule has 2 aromatic carbocycles. The maximum Gasteiger partial charge on any atom is 0.248 e. The van der Waals surface area contributed by atoms with Crippen LogP contribution in [-0.2, 0) is 20.9 Å². The summed E-state index contributed by atoms with van der Waals surface area (Å²) < 4.78 is 30.7. The predicted molar refractivity (Wildman–Crippen MR) is 208 cm³/mol. The molecule has 2 atom stereocenters. The van der Waals surface area contributed by atoms with Crippen molar-refractivity contribution >= 4 is 17.7 Å². The molecule has 3 aromatic rings. The molecule has 1 aliphatic rings. The van der Waals surface area contributed by atoms with E-state index < -0.39 is 47.6 Å². The molecule has 0 bridgehead atoms. The van der Waals surface area contributed by atoms with Crippen LogP contribution in [0.3, 0.4) is 0 Å². The molecule has 3 amide bonds. The third-order valence-corrected chi connectivity index (χ3v) is 9.18. The number of nitrogens with zero attached hydrogens (tertiary/aromatic N) is 2. The number of halogens is 2. The van der Waals surface area contributed by atoms with E-state index in [0.29, 0.717) is 23.7 Å². The molecule has 0 radical (unpaired) electrons. The van der Waals surface area contributed by atoms with Crippen molar-refractivity contribution in [1.82, 2.24) is 20.1 Å².